The van der Waals surface area contributed by atoms with Gasteiger partial charge in [0, 0.05) is 38.1 Å². The Labute approximate surface area is 171 Å². The van der Waals surface area contributed by atoms with Crippen molar-refractivity contribution >= 4 is 23.1 Å². The molecule has 4 rings (SSSR count). The molecule has 2 heterocycles. The average molecular weight is 391 g/mol. The lowest BCUT2D eigenvalue weighted by molar-refractivity contribution is 0.594. The zero-order valence-electron chi connectivity index (χ0n) is 17.1. The van der Waals surface area contributed by atoms with Crippen molar-refractivity contribution in [1.82, 2.24) is 9.97 Å². The average Bonchev–Trinajstić information content (AvgIpc) is 2.71. The third-order valence-corrected chi connectivity index (χ3v) is 5.33. The van der Waals surface area contributed by atoms with Crippen LogP contribution in [0.4, 0.5) is 27.5 Å². The number of nitrogens with zero attached hydrogens (tertiary/aromatic N) is 4. The summed E-state index contributed by atoms with van der Waals surface area (Å²) >= 11 is 0. The van der Waals surface area contributed by atoms with E-state index in [0.717, 1.165) is 37.7 Å². The van der Waals surface area contributed by atoms with Crippen LogP contribution in [-0.2, 0) is 0 Å². The van der Waals surface area contributed by atoms with Crippen LogP contribution < -0.4 is 15.1 Å². The lowest BCUT2D eigenvalue weighted by Crippen LogP contribution is -2.47. The summed E-state index contributed by atoms with van der Waals surface area (Å²) < 4.78 is 14.1. The summed E-state index contributed by atoms with van der Waals surface area (Å²) in [7, 11) is 0. The minimum absolute atomic E-state index is 0.174. The van der Waals surface area contributed by atoms with E-state index in [4.69, 9.17) is 4.98 Å². The van der Waals surface area contributed by atoms with E-state index in [-0.39, 0.29) is 5.82 Å². The number of hydrogen-bond acceptors (Lipinski definition) is 5. The Morgan fingerprint density at radius 1 is 0.897 bits per heavy atom. The molecule has 0 bridgehead atoms. The molecule has 1 saturated heterocycles. The van der Waals surface area contributed by atoms with Gasteiger partial charge >= 0.3 is 0 Å². The summed E-state index contributed by atoms with van der Waals surface area (Å²) in [5.74, 6) is 1.31. The van der Waals surface area contributed by atoms with Gasteiger partial charge in [0.15, 0.2) is 0 Å². The molecule has 0 amide bonds. The third-order valence-electron chi connectivity index (χ3n) is 5.33. The highest BCUT2D eigenvalue weighted by atomic mass is 19.1. The molecule has 1 aromatic heterocycles. The lowest BCUT2D eigenvalue weighted by atomic mass is 10.1. The first-order valence-electron chi connectivity index (χ1n) is 9.93. The van der Waals surface area contributed by atoms with Crippen molar-refractivity contribution in [1.29, 1.82) is 0 Å². The molecular formula is C23H26FN5. The topological polar surface area (TPSA) is 44.3 Å². The summed E-state index contributed by atoms with van der Waals surface area (Å²) in [6.07, 6.45) is 1.78. The monoisotopic (exact) mass is 391 g/mol. The number of hydrogen-bond donors (Lipinski definition) is 1. The number of nitrogens with one attached hydrogen (secondary N) is 1. The Balaban J connectivity index is 1.47. The number of benzene rings is 2. The molecule has 1 aliphatic heterocycles. The summed E-state index contributed by atoms with van der Waals surface area (Å²) in [5, 5.41) is 3.45. The Morgan fingerprint density at radius 3 is 2.24 bits per heavy atom. The highest BCUT2D eigenvalue weighted by molar-refractivity contribution is 5.65. The van der Waals surface area contributed by atoms with Gasteiger partial charge in [0.25, 0.3) is 0 Å². The fourth-order valence-electron chi connectivity index (χ4n) is 3.93. The number of aromatic nitrogens is 2. The van der Waals surface area contributed by atoms with Gasteiger partial charge in [-0.15, -0.1) is 0 Å². The number of aryl methyl sites for hydroxylation is 3. The fourth-order valence-corrected chi connectivity index (χ4v) is 3.93. The van der Waals surface area contributed by atoms with Gasteiger partial charge in [0.2, 0.25) is 5.95 Å². The second-order valence-electron chi connectivity index (χ2n) is 7.57. The lowest BCUT2D eigenvalue weighted by Gasteiger charge is -2.36. The molecule has 1 fully saturated rings. The van der Waals surface area contributed by atoms with E-state index in [1.807, 2.05) is 18.2 Å². The molecule has 6 heteroatoms. The molecule has 1 aliphatic rings. The molecule has 0 radical (unpaired) electrons. The van der Waals surface area contributed by atoms with Gasteiger partial charge in [-0.1, -0.05) is 29.8 Å². The SMILES string of the molecule is Cc1cc(C)c(Nc2ccnc(N3CCN(c4ccccc4F)CC3)n2)c(C)c1. The number of para-hydroxylation sites is 1. The molecule has 0 unspecified atom stereocenters. The number of rotatable bonds is 4. The maximum absolute atomic E-state index is 14.1. The number of anilines is 4. The summed E-state index contributed by atoms with van der Waals surface area (Å²) in [5.41, 5.74) is 5.39. The Hall–Kier alpha value is -3.15. The van der Waals surface area contributed by atoms with Crippen molar-refractivity contribution in [3.05, 3.63) is 71.2 Å². The molecule has 3 aromatic rings. The van der Waals surface area contributed by atoms with Crippen LogP contribution in [0.3, 0.4) is 0 Å². The molecule has 2 aromatic carbocycles. The third kappa shape index (κ3) is 4.16. The van der Waals surface area contributed by atoms with Gasteiger partial charge in [-0.05, 0) is 50.1 Å². The molecule has 5 nitrogen and oxygen atoms in total. The molecule has 0 saturated carbocycles. The minimum Gasteiger partial charge on any atom is -0.366 e. The normalized spacial score (nSPS) is 14.2. The van der Waals surface area contributed by atoms with Crippen LogP contribution in [0.2, 0.25) is 0 Å². The molecule has 150 valence electrons. The van der Waals surface area contributed by atoms with Crippen LogP contribution in [0.15, 0.2) is 48.7 Å². The molecule has 1 N–H and O–H groups in total. The van der Waals surface area contributed by atoms with Gasteiger partial charge in [-0.25, -0.2) is 9.37 Å². The number of piperazine rings is 1. The van der Waals surface area contributed by atoms with Crippen molar-refractivity contribution in [2.75, 3.05) is 41.3 Å². The van der Waals surface area contributed by atoms with Crippen LogP contribution in [0, 0.1) is 26.6 Å². The molecule has 0 aliphatic carbocycles. The first-order valence-corrected chi connectivity index (χ1v) is 9.93. The zero-order valence-corrected chi connectivity index (χ0v) is 17.1. The first kappa shape index (κ1) is 19.2. The fraction of sp³-hybridized carbons (Fsp3) is 0.304. The largest absolute Gasteiger partial charge is 0.366 e. The van der Waals surface area contributed by atoms with E-state index < -0.39 is 0 Å². The Morgan fingerprint density at radius 2 is 1.55 bits per heavy atom. The van der Waals surface area contributed by atoms with E-state index >= 15 is 0 Å². The van der Waals surface area contributed by atoms with Gasteiger partial charge in [-0.2, -0.15) is 4.98 Å². The molecule has 0 atom stereocenters. The maximum Gasteiger partial charge on any atom is 0.227 e. The first-order chi connectivity index (χ1) is 14.0. The van der Waals surface area contributed by atoms with E-state index in [9.17, 15) is 4.39 Å². The second kappa shape index (κ2) is 8.07. The van der Waals surface area contributed by atoms with Crippen LogP contribution in [0.1, 0.15) is 16.7 Å². The van der Waals surface area contributed by atoms with Crippen molar-refractivity contribution in [3.8, 4) is 0 Å². The summed E-state index contributed by atoms with van der Waals surface area (Å²) in [6, 6.07) is 13.2. The van der Waals surface area contributed by atoms with Crippen molar-refractivity contribution in [2.45, 2.75) is 20.8 Å². The van der Waals surface area contributed by atoms with Crippen LogP contribution in [0.5, 0.6) is 0 Å². The van der Waals surface area contributed by atoms with E-state index in [0.29, 0.717) is 11.6 Å². The predicted molar refractivity (Wildman–Crippen MR) is 117 cm³/mol. The standard InChI is InChI=1S/C23H26FN5/c1-16-14-17(2)22(18(3)15-16)26-21-8-9-25-23(27-21)29-12-10-28(11-13-29)20-7-5-4-6-19(20)24/h4-9,14-15H,10-13H2,1-3H3,(H,25,26,27). The molecular weight excluding hydrogens is 365 g/mol. The zero-order chi connectivity index (χ0) is 20.4. The minimum atomic E-state index is -0.174. The summed E-state index contributed by atoms with van der Waals surface area (Å²) in [4.78, 5) is 13.4. The second-order valence-corrected chi connectivity index (χ2v) is 7.57. The molecule has 29 heavy (non-hydrogen) atoms. The van der Waals surface area contributed by atoms with Crippen molar-refractivity contribution < 1.29 is 4.39 Å². The van der Waals surface area contributed by atoms with Crippen molar-refractivity contribution in [3.63, 3.8) is 0 Å². The van der Waals surface area contributed by atoms with E-state index in [2.05, 4.69) is 53.0 Å². The maximum atomic E-state index is 14.1. The van der Waals surface area contributed by atoms with Crippen LogP contribution in [-0.4, -0.2) is 36.1 Å². The van der Waals surface area contributed by atoms with E-state index in [1.54, 1.807) is 12.3 Å². The van der Waals surface area contributed by atoms with Crippen molar-refractivity contribution in [2.24, 2.45) is 0 Å². The van der Waals surface area contributed by atoms with Gasteiger partial charge in [0.1, 0.15) is 11.6 Å². The van der Waals surface area contributed by atoms with E-state index in [1.165, 1.54) is 22.8 Å². The quantitative estimate of drug-likeness (QED) is 0.704. The summed E-state index contributed by atoms with van der Waals surface area (Å²) in [6.45, 7) is 9.28. The molecule has 0 spiro atoms. The van der Waals surface area contributed by atoms with Gasteiger partial charge < -0.3 is 15.1 Å². The van der Waals surface area contributed by atoms with Crippen LogP contribution >= 0.6 is 0 Å². The Bertz CT molecular complexity index is 989. The highest BCUT2D eigenvalue weighted by Gasteiger charge is 2.21. The predicted octanol–water partition coefficient (Wildman–Crippen LogP) is 4.61. The Kier molecular flexibility index (Phi) is 5.34. The number of halogens is 1. The highest BCUT2D eigenvalue weighted by Crippen LogP contribution is 2.26. The van der Waals surface area contributed by atoms with Gasteiger partial charge in [-0.3, -0.25) is 0 Å². The van der Waals surface area contributed by atoms with Gasteiger partial charge in [0.05, 0.1) is 5.69 Å². The smallest absolute Gasteiger partial charge is 0.227 e. The van der Waals surface area contributed by atoms with Crippen LogP contribution in [0.25, 0.3) is 0 Å².